The number of hydrogen-bond donors (Lipinski definition) is 1. The first-order valence-corrected chi connectivity index (χ1v) is 9.02. The fourth-order valence-corrected chi connectivity index (χ4v) is 3.99. The fraction of sp³-hybridized carbons (Fsp3) is 0.294. The van der Waals surface area contributed by atoms with Gasteiger partial charge < -0.3 is 14.6 Å². The second kappa shape index (κ2) is 6.99. The topological polar surface area (TPSA) is 90.1 Å². The van der Waals surface area contributed by atoms with E-state index in [1.807, 2.05) is 0 Å². The highest BCUT2D eigenvalue weighted by Gasteiger charge is 2.32. The first-order chi connectivity index (χ1) is 13.3. The van der Waals surface area contributed by atoms with Crippen LogP contribution in [0, 0.1) is 6.92 Å². The van der Waals surface area contributed by atoms with Crippen LogP contribution >= 0.6 is 11.3 Å². The molecule has 1 amide bonds. The summed E-state index contributed by atoms with van der Waals surface area (Å²) in [5.74, 6) is 0.141. The first kappa shape index (κ1) is 18.6. The molecule has 3 aromatic rings. The van der Waals surface area contributed by atoms with Crippen molar-refractivity contribution in [2.24, 2.45) is 0 Å². The summed E-state index contributed by atoms with van der Waals surface area (Å²) < 4.78 is 48.7. The maximum absolute atomic E-state index is 12.6. The van der Waals surface area contributed by atoms with Gasteiger partial charge in [-0.3, -0.25) is 9.78 Å². The van der Waals surface area contributed by atoms with E-state index in [0.29, 0.717) is 36.0 Å². The zero-order valence-electron chi connectivity index (χ0n) is 14.5. The van der Waals surface area contributed by atoms with Crippen molar-refractivity contribution < 1.29 is 27.2 Å². The quantitative estimate of drug-likeness (QED) is 0.706. The average molecular weight is 410 g/mol. The van der Waals surface area contributed by atoms with E-state index in [-0.39, 0.29) is 11.5 Å². The Kier molecular flexibility index (Phi) is 4.63. The van der Waals surface area contributed by atoms with Crippen molar-refractivity contribution in [3.05, 3.63) is 45.9 Å². The lowest BCUT2D eigenvalue weighted by Crippen LogP contribution is -2.14. The summed E-state index contributed by atoms with van der Waals surface area (Å²) in [6, 6.07) is 1.85. The van der Waals surface area contributed by atoms with Gasteiger partial charge in [-0.25, -0.2) is 0 Å². The number of hydrogen-bond acceptors (Lipinski definition) is 7. The van der Waals surface area contributed by atoms with Crippen molar-refractivity contribution >= 4 is 22.2 Å². The van der Waals surface area contributed by atoms with Crippen LogP contribution in [0.2, 0.25) is 0 Å². The van der Waals surface area contributed by atoms with Crippen LogP contribution in [0.3, 0.4) is 0 Å². The van der Waals surface area contributed by atoms with Crippen molar-refractivity contribution in [1.82, 2.24) is 15.1 Å². The molecular weight excluding hydrogens is 397 g/mol. The third-order valence-electron chi connectivity index (χ3n) is 4.10. The van der Waals surface area contributed by atoms with Gasteiger partial charge in [0.2, 0.25) is 0 Å². The van der Waals surface area contributed by atoms with Gasteiger partial charge in [0.1, 0.15) is 10.7 Å². The van der Waals surface area contributed by atoms with Crippen molar-refractivity contribution in [3.8, 4) is 11.5 Å². The molecule has 1 N–H and O–H groups in total. The Morgan fingerprint density at radius 2 is 2.14 bits per heavy atom. The number of amides is 1. The Labute approximate surface area is 160 Å². The number of nitrogens with one attached hydrogen (secondary N) is 1. The monoisotopic (exact) mass is 410 g/mol. The third-order valence-corrected chi connectivity index (χ3v) is 5.23. The van der Waals surface area contributed by atoms with Gasteiger partial charge in [-0.15, -0.1) is 11.3 Å². The van der Waals surface area contributed by atoms with E-state index in [0.717, 1.165) is 28.8 Å². The zero-order chi connectivity index (χ0) is 19.9. The molecule has 11 heteroatoms. The summed E-state index contributed by atoms with van der Waals surface area (Å²) in [6.07, 6.45) is -3.05. The van der Waals surface area contributed by atoms with Crippen LogP contribution in [0.5, 0.6) is 0 Å². The minimum absolute atomic E-state index is 0.00304. The molecule has 0 saturated carbocycles. The van der Waals surface area contributed by atoms with Gasteiger partial charge in [0.15, 0.2) is 5.82 Å². The molecule has 1 aliphatic heterocycles. The van der Waals surface area contributed by atoms with Gasteiger partial charge in [-0.1, -0.05) is 5.16 Å². The molecule has 0 fully saturated rings. The summed E-state index contributed by atoms with van der Waals surface area (Å²) in [4.78, 5) is 21.0. The maximum Gasteiger partial charge on any atom is 0.433 e. The van der Waals surface area contributed by atoms with Gasteiger partial charge in [0, 0.05) is 11.1 Å². The Morgan fingerprint density at radius 3 is 2.79 bits per heavy atom. The molecule has 0 unspecified atom stereocenters. The van der Waals surface area contributed by atoms with E-state index in [4.69, 9.17) is 9.26 Å². The highest BCUT2D eigenvalue weighted by atomic mass is 32.1. The van der Waals surface area contributed by atoms with Gasteiger partial charge in [0.25, 0.3) is 11.8 Å². The van der Waals surface area contributed by atoms with Crippen LogP contribution in [0.25, 0.3) is 11.5 Å². The number of rotatable bonds is 3. The molecule has 7 nitrogen and oxygen atoms in total. The Hall–Kier alpha value is -2.79. The van der Waals surface area contributed by atoms with Gasteiger partial charge in [-0.2, -0.15) is 18.2 Å². The second-order valence-electron chi connectivity index (χ2n) is 6.04. The van der Waals surface area contributed by atoms with Crippen LogP contribution in [-0.2, 0) is 23.9 Å². The molecule has 146 valence electrons. The maximum atomic E-state index is 12.6. The van der Waals surface area contributed by atoms with Gasteiger partial charge in [-0.05, 0) is 31.0 Å². The molecule has 0 saturated heterocycles. The highest BCUT2D eigenvalue weighted by Crippen LogP contribution is 2.42. The second-order valence-corrected chi connectivity index (χ2v) is 7.15. The number of pyridine rings is 1. The van der Waals surface area contributed by atoms with Gasteiger partial charge in [0.05, 0.1) is 24.3 Å². The SMILES string of the molecule is Cc1noc(-c2c(NC(=O)c3ccc(C(F)(F)F)nc3)sc3c2CCOC3)n1. The largest absolute Gasteiger partial charge is 0.433 e. The molecule has 0 aromatic carbocycles. The predicted molar refractivity (Wildman–Crippen MR) is 92.9 cm³/mol. The molecule has 0 spiro atoms. The minimum Gasteiger partial charge on any atom is -0.376 e. The van der Waals surface area contributed by atoms with Gasteiger partial charge >= 0.3 is 6.18 Å². The Bertz CT molecular complexity index is 1030. The number of aromatic nitrogens is 3. The summed E-state index contributed by atoms with van der Waals surface area (Å²) in [7, 11) is 0. The molecular formula is C17H13F3N4O3S. The van der Waals surface area contributed by atoms with Crippen LogP contribution in [0.1, 0.15) is 32.3 Å². The van der Waals surface area contributed by atoms with E-state index in [9.17, 15) is 18.0 Å². The van der Waals surface area contributed by atoms with Crippen molar-refractivity contribution in [3.63, 3.8) is 0 Å². The molecule has 0 atom stereocenters. The number of alkyl halides is 3. The lowest BCUT2D eigenvalue weighted by molar-refractivity contribution is -0.141. The number of aryl methyl sites for hydroxylation is 1. The van der Waals surface area contributed by atoms with Crippen LogP contribution < -0.4 is 5.32 Å². The summed E-state index contributed by atoms with van der Waals surface area (Å²) in [5, 5.41) is 6.99. The first-order valence-electron chi connectivity index (χ1n) is 8.20. The molecule has 28 heavy (non-hydrogen) atoms. The summed E-state index contributed by atoms with van der Waals surface area (Å²) in [6.45, 7) is 2.61. The number of carbonyl (C=O) groups is 1. The molecule has 4 rings (SSSR count). The molecule has 0 aliphatic carbocycles. The summed E-state index contributed by atoms with van der Waals surface area (Å²) >= 11 is 1.31. The van der Waals surface area contributed by atoms with E-state index < -0.39 is 17.8 Å². The zero-order valence-corrected chi connectivity index (χ0v) is 15.3. The third kappa shape index (κ3) is 3.50. The fourth-order valence-electron chi connectivity index (χ4n) is 2.82. The molecule has 0 bridgehead atoms. The Morgan fingerprint density at radius 1 is 1.32 bits per heavy atom. The number of anilines is 1. The number of carbonyl (C=O) groups excluding carboxylic acids is 1. The number of ether oxygens (including phenoxy) is 1. The smallest absolute Gasteiger partial charge is 0.376 e. The Balaban J connectivity index is 1.66. The average Bonchev–Trinajstić information content (AvgIpc) is 3.23. The van der Waals surface area contributed by atoms with Crippen LogP contribution in [0.4, 0.5) is 18.2 Å². The number of fused-ring (bicyclic) bond motifs is 1. The number of halogens is 3. The molecule has 0 radical (unpaired) electrons. The van der Waals surface area contributed by atoms with Crippen molar-refractivity contribution in [2.45, 2.75) is 26.1 Å². The van der Waals surface area contributed by atoms with E-state index >= 15 is 0 Å². The van der Waals surface area contributed by atoms with Crippen LogP contribution in [0.15, 0.2) is 22.9 Å². The normalized spacial score (nSPS) is 14.0. The minimum atomic E-state index is -4.56. The molecule has 4 heterocycles. The van der Waals surface area contributed by atoms with Crippen molar-refractivity contribution in [1.29, 1.82) is 0 Å². The lowest BCUT2D eigenvalue weighted by atomic mass is 10.1. The molecule has 3 aromatic heterocycles. The predicted octanol–water partition coefficient (Wildman–Crippen LogP) is 3.85. The highest BCUT2D eigenvalue weighted by molar-refractivity contribution is 7.17. The summed E-state index contributed by atoms with van der Waals surface area (Å²) in [5.41, 5.74) is 0.524. The van der Waals surface area contributed by atoms with Crippen molar-refractivity contribution in [2.75, 3.05) is 11.9 Å². The van der Waals surface area contributed by atoms with E-state index in [1.165, 1.54) is 11.3 Å². The molecule has 1 aliphatic rings. The van der Waals surface area contributed by atoms with E-state index in [1.54, 1.807) is 6.92 Å². The lowest BCUT2D eigenvalue weighted by Gasteiger charge is -2.12. The number of nitrogens with zero attached hydrogens (tertiary/aromatic N) is 3. The number of thiophene rings is 1. The standard InChI is InChI=1S/C17H13F3N4O3S/c1-8-22-15(27-24-8)13-10-4-5-26-7-11(10)28-16(13)23-14(25)9-2-3-12(21-6-9)17(18,19)20/h2-3,6H,4-5,7H2,1H3,(H,23,25). The van der Waals surface area contributed by atoms with E-state index in [2.05, 4.69) is 20.4 Å². The van der Waals surface area contributed by atoms with Crippen LogP contribution in [-0.4, -0.2) is 27.6 Å².